The van der Waals surface area contributed by atoms with Crippen molar-refractivity contribution in [2.45, 2.75) is 25.4 Å². The molecular weight excluding hydrogens is 255 g/mol. The van der Waals surface area contributed by atoms with Gasteiger partial charge in [0.1, 0.15) is 6.17 Å². The van der Waals surface area contributed by atoms with Crippen molar-refractivity contribution in [1.29, 1.82) is 0 Å². The molecule has 2 heterocycles. The van der Waals surface area contributed by atoms with Gasteiger partial charge in [-0.2, -0.15) is 10.1 Å². The van der Waals surface area contributed by atoms with E-state index in [2.05, 4.69) is 22.2 Å². The van der Waals surface area contributed by atoms with Gasteiger partial charge in [-0.1, -0.05) is 30.3 Å². The normalized spacial score (nSPS) is 18.7. The zero-order valence-electron chi connectivity index (χ0n) is 11.7. The van der Waals surface area contributed by atoms with Crippen molar-refractivity contribution < 1.29 is 4.39 Å². The van der Waals surface area contributed by atoms with E-state index in [-0.39, 0.29) is 0 Å². The van der Waals surface area contributed by atoms with Crippen LogP contribution in [-0.4, -0.2) is 34.0 Å². The molecule has 0 N–H and O–H groups in total. The van der Waals surface area contributed by atoms with Crippen LogP contribution in [-0.2, 0) is 19.9 Å². The summed E-state index contributed by atoms with van der Waals surface area (Å²) in [7, 11) is 1.87. The standard InChI is InChI=1S/C15H19FN4/c1-19-15(20-10-9-13(16)11-20)17-14(18-19)8-7-12-5-3-2-4-6-12/h2-6,13H,7-11H2,1H3/t13-/m0/s1. The molecule has 0 aliphatic carbocycles. The summed E-state index contributed by atoms with van der Waals surface area (Å²) >= 11 is 0. The summed E-state index contributed by atoms with van der Waals surface area (Å²) in [5, 5.41) is 4.44. The Labute approximate surface area is 118 Å². The summed E-state index contributed by atoms with van der Waals surface area (Å²) < 4.78 is 15.0. The number of aryl methyl sites for hydroxylation is 3. The molecule has 1 aliphatic heterocycles. The van der Waals surface area contributed by atoms with E-state index in [1.54, 1.807) is 4.68 Å². The Balaban J connectivity index is 1.66. The highest BCUT2D eigenvalue weighted by atomic mass is 19.1. The van der Waals surface area contributed by atoms with E-state index in [0.717, 1.165) is 31.2 Å². The summed E-state index contributed by atoms with van der Waals surface area (Å²) in [6.07, 6.45) is 1.59. The van der Waals surface area contributed by atoms with E-state index >= 15 is 0 Å². The molecule has 1 aromatic carbocycles. The molecule has 0 saturated carbocycles. The minimum atomic E-state index is -0.737. The highest BCUT2D eigenvalue weighted by Crippen LogP contribution is 2.19. The number of hydrogen-bond acceptors (Lipinski definition) is 3. The third-order valence-electron chi connectivity index (χ3n) is 3.68. The number of rotatable bonds is 4. The number of nitrogens with zero attached hydrogens (tertiary/aromatic N) is 4. The molecular formula is C15H19FN4. The zero-order chi connectivity index (χ0) is 13.9. The zero-order valence-corrected chi connectivity index (χ0v) is 11.7. The molecule has 1 aromatic heterocycles. The van der Waals surface area contributed by atoms with Crippen LogP contribution in [0.3, 0.4) is 0 Å². The molecule has 0 unspecified atom stereocenters. The van der Waals surface area contributed by atoms with Crippen molar-refractivity contribution in [2.75, 3.05) is 18.0 Å². The Bertz CT molecular complexity index is 567. The largest absolute Gasteiger partial charge is 0.338 e. The van der Waals surface area contributed by atoms with Crippen molar-refractivity contribution in [3.63, 3.8) is 0 Å². The van der Waals surface area contributed by atoms with Crippen LogP contribution in [0.4, 0.5) is 10.3 Å². The van der Waals surface area contributed by atoms with Gasteiger partial charge >= 0.3 is 0 Å². The molecule has 106 valence electrons. The van der Waals surface area contributed by atoms with Crippen LogP contribution in [0.25, 0.3) is 0 Å². The minimum absolute atomic E-state index is 0.435. The number of alkyl halides is 1. The first-order valence-corrected chi connectivity index (χ1v) is 7.05. The predicted molar refractivity (Wildman–Crippen MR) is 76.6 cm³/mol. The Hall–Kier alpha value is -1.91. The fourth-order valence-electron chi connectivity index (χ4n) is 2.61. The Morgan fingerprint density at radius 3 is 2.75 bits per heavy atom. The predicted octanol–water partition coefficient (Wildman–Crippen LogP) is 2.15. The van der Waals surface area contributed by atoms with E-state index in [9.17, 15) is 4.39 Å². The van der Waals surface area contributed by atoms with E-state index in [1.165, 1.54) is 5.56 Å². The molecule has 1 atom stereocenters. The van der Waals surface area contributed by atoms with Gasteiger partial charge in [0.25, 0.3) is 0 Å². The number of benzene rings is 1. The molecule has 0 bridgehead atoms. The Kier molecular flexibility index (Phi) is 3.67. The summed E-state index contributed by atoms with van der Waals surface area (Å²) in [4.78, 5) is 6.53. The summed E-state index contributed by atoms with van der Waals surface area (Å²) in [5.41, 5.74) is 1.28. The first kappa shape index (κ1) is 13.1. The van der Waals surface area contributed by atoms with Crippen LogP contribution in [0.5, 0.6) is 0 Å². The molecule has 0 amide bonds. The second-order valence-electron chi connectivity index (χ2n) is 5.27. The van der Waals surface area contributed by atoms with Gasteiger partial charge in [0, 0.05) is 20.0 Å². The Morgan fingerprint density at radius 2 is 2.05 bits per heavy atom. The van der Waals surface area contributed by atoms with Crippen LogP contribution < -0.4 is 4.90 Å². The number of halogens is 1. The van der Waals surface area contributed by atoms with Gasteiger partial charge in [-0.25, -0.2) is 9.07 Å². The lowest BCUT2D eigenvalue weighted by molar-refractivity contribution is 0.364. The van der Waals surface area contributed by atoms with Gasteiger partial charge < -0.3 is 4.90 Å². The van der Waals surface area contributed by atoms with Gasteiger partial charge in [0.05, 0.1) is 6.54 Å². The monoisotopic (exact) mass is 274 g/mol. The molecule has 4 nitrogen and oxygen atoms in total. The van der Waals surface area contributed by atoms with Crippen molar-refractivity contribution in [3.05, 3.63) is 41.7 Å². The minimum Gasteiger partial charge on any atom is -0.338 e. The molecule has 1 aliphatic rings. The van der Waals surface area contributed by atoms with Crippen molar-refractivity contribution in [1.82, 2.24) is 14.8 Å². The summed E-state index contributed by atoms with van der Waals surface area (Å²) in [5.74, 6) is 1.61. The molecule has 0 spiro atoms. The van der Waals surface area contributed by atoms with E-state index in [1.807, 2.05) is 30.1 Å². The Morgan fingerprint density at radius 1 is 1.25 bits per heavy atom. The fraction of sp³-hybridized carbons (Fsp3) is 0.467. The molecule has 3 rings (SSSR count). The van der Waals surface area contributed by atoms with E-state index in [4.69, 9.17) is 0 Å². The van der Waals surface area contributed by atoms with Crippen LogP contribution in [0, 0.1) is 0 Å². The molecule has 2 aromatic rings. The van der Waals surface area contributed by atoms with Crippen molar-refractivity contribution in [3.8, 4) is 0 Å². The molecule has 20 heavy (non-hydrogen) atoms. The average molecular weight is 274 g/mol. The van der Waals surface area contributed by atoms with Gasteiger partial charge in [-0.3, -0.25) is 0 Å². The lowest BCUT2D eigenvalue weighted by atomic mass is 10.1. The van der Waals surface area contributed by atoms with E-state index in [0.29, 0.717) is 13.0 Å². The molecule has 1 fully saturated rings. The van der Waals surface area contributed by atoms with Gasteiger partial charge in [0.15, 0.2) is 5.82 Å². The van der Waals surface area contributed by atoms with Crippen LogP contribution in [0.15, 0.2) is 30.3 Å². The second kappa shape index (κ2) is 5.61. The van der Waals surface area contributed by atoms with Crippen LogP contribution in [0.2, 0.25) is 0 Å². The molecule has 1 saturated heterocycles. The maximum Gasteiger partial charge on any atom is 0.223 e. The summed E-state index contributed by atoms with van der Waals surface area (Å²) in [6.45, 7) is 1.16. The highest BCUT2D eigenvalue weighted by molar-refractivity contribution is 5.32. The fourth-order valence-corrected chi connectivity index (χ4v) is 2.61. The maximum atomic E-state index is 13.3. The lowest BCUT2D eigenvalue weighted by Crippen LogP contribution is -2.23. The average Bonchev–Trinajstić information content (AvgIpc) is 3.04. The molecule has 0 radical (unpaired) electrons. The SMILES string of the molecule is Cn1nc(CCc2ccccc2)nc1N1CC[C@H](F)C1. The number of hydrogen-bond donors (Lipinski definition) is 0. The number of anilines is 1. The maximum absolute atomic E-state index is 13.3. The van der Waals surface area contributed by atoms with Crippen LogP contribution in [0.1, 0.15) is 17.8 Å². The van der Waals surface area contributed by atoms with Crippen LogP contribution >= 0.6 is 0 Å². The second-order valence-corrected chi connectivity index (χ2v) is 5.27. The van der Waals surface area contributed by atoms with E-state index < -0.39 is 6.17 Å². The van der Waals surface area contributed by atoms with Gasteiger partial charge in [-0.15, -0.1) is 0 Å². The third-order valence-corrected chi connectivity index (χ3v) is 3.68. The van der Waals surface area contributed by atoms with Gasteiger partial charge in [0.2, 0.25) is 5.95 Å². The third kappa shape index (κ3) is 2.81. The smallest absolute Gasteiger partial charge is 0.223 e. The van der Waals surface area contributed by atoms with Crippen molar-refractivity contribution >= 4 is 5.95 Å². The highest BCUT2D eigenvalue weighted by Gasteiger charge is 2.25. The first-order valence-electron chi connectivity index (χ1n) is 7.05. The summed E-state index contributed by atoms with van der Waals surface area (Å²) in [6, 6.07) is 10.3. The van der Waals surface area contributed by atoms with Crippen molar-refractivity contribution in [2.24, 2.45) is 7.05 Å². The quantitative estimate of drug-likeness (QED) is 0.856. The van der Waals surface area contributed by atoms with Gasteiger partial charge in [-0.05, 0) is 18.4 Å². The topological polar surface area (TPSA) is 34.0 Å². The lowest BCUT2D eigenvalue weighted by Gasteiger charge is -2.14. The first-order chi connectivity index (χ1) is 9.72. The molecule has 5 heteroatoms. The number of aromatic nitrogens is 3.